The molecule has 14 heavy (non-hydrogen) atoms. The van der Waals surface area contributed by atoms with E-state index in [2.05, 4.69) is 35.9 Å². The summed E-state index contributed by atoms with van der Waals surface area (Å²) in [5.74, 6) is 0. The lowest BCUT2D eigenvalue weighted by Gasteiger charge is -2.05. The van der Waals surface area contributed by atoms with E-state index in [1.807, 2.05) is 13.8 Å². The van der Waals surface area contributed by atoms with Crippen molar-refractivity contribution in [1.82, 2.24) is 9.97 Å². The fourth-order valence-electron chi connectivity index (χ4n) is 1.49. The molecule has 72 valence electrons. The number of aromatic nitrogens is 2. The maximum absolute atomic E-state index is 4.51. The second kappa shape index (κ2) is 3.05. The molecule has 0 fully saturated rings. The molecular weight excluding hydrogens is 172 g/mol. The normalized spacial score (nSPS) is 10.9. The number of rotatable bonds is 0. The van der Waals surface area contributed by atoms with Crippen LogP contribution >= 0.6 is 0 Å². The van der Waals surface area contributed by atoms with Gasteiger partial charge in [-0.05, 0) is 51.0 Å². The molecule has 0 N–H and O–H groups in total. The van der Waals surface area contributed by atoms with Gasteiger partial charge in [-0.3, -0.25) is 0 Å². The van der Waals surface area contributed by atoms with Gasteiger partial charge in [-0.2, -0.15) is 0 Å². The fraction of sp³-hybridized carbons (Fsp3) is 0.333. The van der Waals surface area contributed by atoms with Crippen molar-refractivity contribution >= 4 is 11.0 Å². The van der Waals surface area contributed by atoms with Gasteiger partial charge in [0.2, 0.25) is 0 Å². The van der Waals surface area contributed by atoms with Gasteiger partial charge in [-0.1, -0.05) is 0 Å². The minimum atomic E-state index is 0.996. The van der Waals surface area contributed by atoms with E-state index in [9.17, 15) is 0 Å². The second-order valence-corrected chi connectivity index (χ2v) is 3.82. The molecule has 2 heteroatoms. The molecule has 0 saturated carbocycles. The summed E-state index contributed by atoms with van der Waals surface area (Å²) in [5.41, 5.74) is 6.57. The topological polar surface area (TPSA) is 25.8 Å². The summed E-state index contributed by atoms with van der Waals surface area (Å²) in [6.07, 6.45) is 0. The standard InChI is InChI=1S/C12H14N2/c1-7-5-11-12(6-8(7)2)14-10(4)9(3)13-11/h5-6H,1-4H3. The maximum Gasteiger partial charge on any atom is 0.0893 e. The van der Waals surface area contributed by atoms with Gasteiger partial charge < -0.3 is 0 Å². The van der Waals surface area contributed by atoms with Crippen LogP contribution in [-0.2, 0) is 0 Å². The fourth-order valence-corrected chi connectivity index (χ4v) is 1.49. The molecule has 2 aromatic rings. The molecule has 2 rings (SSSR count). The molecule has 0 aliphatic carbocycles. The minimum absolute atomic E-state index is 0.996. The number of nitrogens with zero attached hydrogens (tertiary/aromatic N) is 2. The van der Waals surface area contributed by atoms with Crippen molar-refractivity contribution in [3.63, 3.8) is 0 Å². The van der Waals surface area contributed by atoms with E-state index in [-0.39, 0.29) is 0 Å². The van der Waals surface area contributed by atoms with Crippen LogP contribution in [0.1, 0.15) is 22.5 Å². The Kier molecular flexibility index (Phi) is 1.99. The van der Waals surface area contributed by atoms with Crippen molar-refractivity contribution in [2.24, 2.45) is 0 Å². The highest BCUT2D eigenvalue weighted by Gasteiger charge is 2.02. The van der Waals surface area contributed by atoms with Crippen molar-refractivity contribution in [3.8, 4) is 0 Å². The van der Waals surface area contributed by atoms with E-state index in [1.165, 1.54) is 11.1 Å². The summed E-state index contributed by atoms with van der Waals surface area (Å²) >= 11 is 0. The third-order valence-electron chi connectivity index (χ3n) is 2.69. The van der Waals surface area contributed by atoms with Crippen LogP contribution < -0.4 is 0 Å². The van der Waals surface area contributed by atoms with Crippen LogP contribution in [0, 0.1) is 27.7 Å². The summed E-state index contributed by atoms with van der Waals surface area (Å²) in [7, 11) is 0. The Labute approximate surface area is 84.0 Å². The molecule has 0 aliphatic rings. The summed E-state index contributed by atoms with van der Waals surface area (Å²) in [4.78, 5) is 9.03. The summed E-state index contributed by atoms with van der Waals surface area (Å²) in [6, 6.07) is 4.20. The van der Waals surface area contributed by atoms with E-state index < -0.39 is 0 Å². The van der Waals surface area contributed by atoms with Gasteiger partial charge in [0.05, 0.1) is 22.4 Å². The average molecular weight is 186 g/mol. The van der Waals surface area contributed by atoms with E-state index in [0.717, 1.165) is 22.4 Å². The van der Waals surface area contributed by atoms with Gasteiger partial charge in [0.1, 0.15) is 0 Å². The minimum Gasteiger partial charge on any atom is -0.250 e. The first-order valence-corrected chi connectivity index (χ1v) is 4.80. The number of hydrogen-bond acceptors (Lipinski definition) is 2. The van der Waals surface area contributed by atoms with Gasteiger partial charge in [0, 0.05) is 0 Å². The molecule has 1 aromatic heterocycles. The highest BCUT2D eigenvalue weighted by atomic mass is 14.8. The smallest absolute Gasteiger partial charge is 0.0893 e. The zero-order chi connectivity index (χ0) is 10.3. The van der Waals surface area contributed by atoms with Gasteiger partial charge >= 0.3 is 0 Å². The van der Waals surface area contributed by atoms with E-state index in [0.29, 0.717) is 0 Å². The van der Waals surface area contributed by atoms with Crippen molar-refractivity contribution in [2.45, 2.75) is 27.7 Å². The first-order chi connectivity index (χ1) is 6.58. The lowest BCUT2D eigenvalue weighted by Crippen LogP contribution is -1.94. The van der Waals surface area contributed by atoms with Crippen LogP contribution in [0.25, 0.3) is 11.0 Å². The molecule has 0 unspecified atom stereocenters. The Morgan fingerprint density at radius 1 is 0.714 bits per heavy atom. The molecule has 0 radical (unpaired) electrons. The third kappa shape index (κ3) is 1.37. The highest BCUT2D eigenvalue weighted by molar-refractivity contribution is 5.76. The Hall–Kier alpha value is -1.44. The molecular formula is C12H14N2. The Morgan fingerprint density at radius 2 is 1.07 bits per heavy atom. The van der Waals surface area contributed by atoms with Gasteiger partial charge in [0.25, 0.3) is 0 Å². The molecule has 0 spiro atoms. The summed E-state index contributed by atoms with van der Waals surface area (Å²) < 4.78 is 0. The maximum atomic E-state index is 4.51. The van der Waals surface area contributed by atoms with Crippen LogP contribution in [0.2, 0.25) is 0 Å². The zero-order valence-corrected chi connectivity index (χ0v) is 9.05. The summed E-state index contributed by atoms with van der Waals surface area (Å²) in [5, 5.41) is 0. The average Bonchev–Trinajstić information content (AvgIpc) is 2.11. The van der Waals surface area contributed by atoms with E-state index >= 15 is 0 Å². The van der Waals surface area contributed by atoms with Gasteiger partial charge in [0.15, 0.2) is 0 Å². The summed E-state index contributed by atoms with van der Waals surface area (Å²) in [6.45, 7) is 8.20. The molecule has 0 saturated heterocycles. The highest BCUT2D eigenvalue weighted by Crippen LogP contribution is 2.17. The molecule has 0 aliphatic heterocycles. The van der Waals surface area contributed by atoms with Crippen molar-refractivity contribution in [3.05, 3.63) is 34.6 Å². The Bertz CT molecular complexity index is 412. The number of benzene rings is 1. The lowest BCUT2D eigenvalue weighted by molar-refractivity contribution is 1.10. The van der Waals surface area contributed by atoms with Gasteiger partial charge in [-0.15, -0.1) is 0 Å². The van der Waals surface area contributed by atoms with Crippen LogP contribution in [0.15, 0.2) is 12.1 Å². The molecule has 2 nitrogen and oxygen atoms in total. The molecule has 0 atom stereocenters. The quantitative estimate of drug-likeness (QED) is 0.632. The SMILES string of the molecule is Cc1cc2nc(C)c(C)nc2cc1C. The lowest BCUT2D eigenvalue weighted by atomic mass is 10.1. The number of aryl methyl sites for hydroxylation is 4. The van der Waals surface area contributed by atoms with Crippen LogP contribution in [0.3, 0.4) is 0 Å². The molecule has 1 aromatic carbocycles. The molecule has 0 amide bonds. The largest absolute Gasteiger partial charge is 0.250 e. The number of fused-ring (bicyclic) bond motifs is 1. The van der Waals surface area contributed by atoms with Crippen LogP contribution in [-0.4, -0.2) is 9.97 Å². The first-order valence-electron chi connectivity index (χ1n) is 4.80. The van der Waals surface area contributed by atoms with Crippen molar-refractivity contribution < 1.29 is 0 Å². The zero-order valence-electron chi connectivity index (χ0n) is 9.05. The third-order valence-corrected chi connectivity index (χ3v) is 2.69. The monoisotopic (exact) mass is 186 g/mol. The Morgan fingerprint density at radius 3 is 1.43 bits per heavy atom. The number of hydrogen-bond donors (Lipinski definition) is 0. The van der Waals surface area contributed by atoms with E-state index in [1.54, 1.807) is 0 Å². The molecule has 0 bridgehead atoms. The van der Waals surface area contributed by atoms with Crippen LogP contribution in [0.4, 0.5) is 0 Å². The second-order valence-electron chi connectivity index (χ2n) is 3.82. The predicted octanol–water partition coefficient (Wildman–Crippen LogP) is 2.86. The van der Waals surface area contributed by atoms with Crippen molar-refractivity contribution in [2.75, 3.05) is 0 Å². The van der Waals surface area contributed by atoms with Gasteiger partial charge in [-0.25, -0.2) is 9.97 Å². The van der Waals surface area contributed by atoms with E-state index in [4.69, 9.17) is 0 Å². The molecule has 1 heterocycles. The van der Waals surface area contributed by atoms with Crippen molar-refractivity contribution in [1.29, 1.82) is 0 Å². The first kappa shape index (κ1) is 9.13. The predicted molar refractivity (Wildman–Crippen MR) is 58.5 cm³/mol. The Balaban J connectivity index is 2.83. The van der Waals surface area contributed by atoms with Crippen LogP contribution in [0.5, 0.6) is 0 Å².